The summed E-state index contributed by atoms with van der Waals surface area (Å²) in [6.07, 6.45) is 3.85. The highest BCUT2D eigenvalue weighted by Gasteiger charge is 2.28. The standard InChI is InChI=1S/C27H26N2O3/c1-19-9-3-7-13-25(19)32-26-14-8-5-11-22(26)18-28-27(31)17-24-23-12-6-4-10-21(23)15-16-29(24)20(2)30/h3-16,24H,17-18H2,1-2H3,(H,28,31). The highest BCUT2D eigenvalue weighted by Crippen LogP contribution is 2.33. The largest absolute Gasteiger partial charge is 0.457 e. The van der Waals surface area contributed by atoms with Crippen molar-refractivity contribution in [2.75, 3.05) is 0 Å². The molecule has 0 saturated carbocycles. The van der Waals surface area contributed by atoms with Crippen LogP contribution in [0.1, 0.15) is 41.6 Å². The zero-order valence-electron chi connectivity index (χ0n) is 18.2. The van der Waals surface area contributed by atoms with Crippen molar-refractivity contribution in [3.8, 4) is 11.5 Å². The first-order chi connectivity index (χ1) is 15.5. The lowest BCUT2D eigenvalue weighted by Crippen LogP contribution is -2.35. The molecule has 0 spiro atoms. The van der Waals surface area contributed by atoms with E-state index in [4.69, 9.17) is 4.74 Å². The fourth-order valence-electron chi connectivity index (χ4n) is 3.89. The molecule has 0 bridgehead atoms. The predicted octanol–water partition coefficient (Wildman–Crippen LogP) is 5.37. The van der Waals surface area contributed by atoms with Gasteiger partial charge in [-0.05, 0) is 41.8 Å². The smallest absolute Gasteiger partial charge is 0.223 e. The van der Waals surface area contributed by atoms with Gasteiger partial charge in [0.1, 0.15) is 11.5 Å². The Kier molecular flexibility index (Phi) is 6.36. The molecule has 1 aliphatic heterocycles. The van der Waals surface area contributed by atoms with Gasteiger partial charge in [0.25, 0.3) is 0 Å². The van der Waals surface area contributed by atoms with Crippen molar-refractivity contribution < 1.29 is 14.3 Å². The van der Waals surface area contributed by atoms with Crippen LogP contribution in [0.3, 0.4) is 0 Å². The fourth-order valence-corrected chi connectivity index (χ4v) is 3.89. The first-order valence-electron chi connectivity index (χ1n) is 10.7. The number of carbonyl (C=O) groups is 2. The molecular formula is C27H26N2O3. The van der Waals surface area contributed by atoms with Crippen LogP contribution in [0.15, 0.2) is 79.0 Å². The second-order valence-corrected chi connectivity index (χ2v) is 7.84. The lowest BCUT2D eigenvalue weighted by Gasteiger charge is -2.32. The molecule has 1 atom stereocenters. The number of nitrogens with one attached hydrogen (secondary N) is 1. The molecule has 0 radical (unpaired) electrons. The average Bonchev–Trinajstić information content (AvgIpc) is 2.80. The number of hydrogen-bond acceptors (Lipinski definition) is 3. The summed E-state index contributed by atoms with van der Waals surface area (Å²) in [7, 11) is 0. The maximum absolute atomic E-state index is 12.9. The van der Waals surface area contributed by atoms with Crippen molar-refractivity contribution in [1.29, 1.82) is 0 Å². The molecule has 0 aromatic heterocycles. The van der Waals surface area contributed by atoms with Crippen LogP contribution >= 0.6 is 0 Å². The minimum atomic E-state index is -0.327. The number of fused-ring (bicyclic) bond motifs is 1. The number of aryl methyl sites for hydroxylation is 1. The lowest BCUT2D eigenvalue weighted by molar-refractivity contribution is -0.130. The van der Waals surface area contributed by atoms with E-state index in [0.29, 0.717) is 12.3 Å². The molecule has 5 nitrogen and oxygen atoms in total. The summed E-state index contributed by atoms with van der Waals surface area (Å²) >= 11 is 0. The number of rotatable bonds is 6. The minimum absolute atomic E-state index is 0.0921. The van der Waals surface area contributed by atoms with Crippen molar-refractivity contribution >= 4 is 17.9 Å². The molecule has 3 aromatic carbocycles. The molecule has 4 rings (SSSR count). The van der Waals surface area contributed by atoms with Gasteiger partial charge in [0.2, 0.25) is 11.8 Å². The number of amides is 2. The topological polar surface area (TPSA) is 58.6 Å². The van der Waals surface area contributed by atoms with E-state index in [9.17, 15) is 9.59 Å². The lowest BCUT2D eigenvalue weighted by atomic mass is 9.93. The highest BCUT2D eigenvalue weighted by molar-refractivity contribution is 5.81. The minimum Gasteiger partial charge on any atom is -0.457 e. The van der Waals surface area contributed by atoms with Crippen LogP contribution in [0, 0.1) is 6.92 Å². The molecule has 0 fully saturated rings. The number of hydrogen-bond donors (Lipinski definition) is 1. The van der Waals surface area contributed by atoms with Gasteiger partial charge in [-0.25, -0.2) is 0 Å². The second-order valence-electron chi connectivity index (χ2n) is 7.84. The molecule has 1 unspecified atom stereocenters. The predicted molar refractivity (Wildman–Crippen MR) is 125 cm³/mol. The number of ether oxygens (including phenoxy) is 1. The van der Waals surface area contributed by atoms with Gasteiger partial charge < -0.3 is 15.0 Å². The van der Waals surface area contributed by atoms with Gasteiger partial charge in [0.15, 0.2) is 0 Å². The fraction of sp³-hybridized carbons (Fsp3) is 0.185. The SMILES string of the molecule is CC(=O)N1C=Cc2ccccc2C1CC(=O)NCc1ccccc1Oc1ccccc1C. The first kappa shape index (κ1) is 21.4. The molecule has 1 heterocycles. The Morgan fingerprint density at radius 3 is 2.41 bits per heavy atom. The zero-order valence-corrected chi connectivity index (χ0v) is 18.2. The molecule has 162 valence electrons. The van der Waals surface area contributed by atoms with Crippen LogP contribution in [-0.2, 0) is 16.1 Å². The van der Waals surface area contributed by atoms with Gasteiger partial charge in [-0.2, -0.15) is 0 Å². The van der Waals surface area contributed by atoms with Crippen molar-refractivity contribution in [3.63, 3.8) is 0 Å². The van der Waals surface area contributed by atoms with Crippen molar-refractivity contribution in [1.82, 2.24) is 10.2 Å². The van der Waals surface area contributed by atoms with Gasteiger partial charge in [-0.15, -0.1) is 0 Å². The third-order valence-corrected chi connectivity index (χ3v) is 5.61. The zero-order chi connectivity index (χ0) is 22.5. The second kappa shape index (κ2) is 9.52. The Morgan fingerprint density at radius 1 is 0.938 bits per heavy atom. The molecule has 0 saturated heterocycles. The van der Waals surface area contributed by atoms with E-state index in [-0.39, 0.29) is 24.3 Å². The average molecular weight is 427 g/mol. The molecule has 3 aromatic rings. The summed E-state index contributed by atoms with van der Waals surface area (Å²) in [5.74, 6) is 1.27. The van der Waals surface area contributed by atoms with Crippen LogP contribution in [0.4, 0.5) is 0 Å². The summed E-state index contributed by atoms with van der Waals surface area (Å²) in [5, 5.41) is 3.00. The summed E-state index contributed by atoms with van der Waals surface area (Å²) in [4.78, 5) is 26.6. The molecule has 1 N–H and O–H groups in total. The summed E-state index contributed by atoms with van der Waals surface area (Å²) in [5.41, 5.74) is 3.93. The highest BCUT2D eigenvalue weighted by atomic mass is 16.5. The Balaban J connectivity index is 1.46. The third-order valence-electron chi connectivity index (χ3n) is 5.61. The van der Waals surface area contributed by atoms with Gasteiger partial charge in [-0.3, -0.25) is 9.59 Å². The van der Waals surface area contributed by atoms with E-state index in [1.165, 1.54) is 6.92 Å². The first-order valence-corrected chi connectivity index (χ1v) is 10.7. The van der Waals surface area contributed by atoms with Gasteiger partial charge in [0.05, 0.1) is 12.5 Å². The van der Waals surface area contributed by atoms with E-state index in [1.807, 2.05) is 85.8 Å². The Morgan fingerprint density at radius 2 is 1.62 bits per heavy atom. The van der Waals surface area contributed by atoms with Gasteiger partial charge in [-0.1, -0.05) is 60.7 Å². The van der Waals surface area contributed by atoms with Crippen LogP contribution in [0.25, 0.3) is 6.08 Å². The van der Waals surface area contributed by atoms with Crippen molar-refractivity contribution in [2.45, 2.75) is 32.9 Å². The number of para-hydroxylation sites is 2. The van der Waals surface area contributed by atoms with E-state index < -0.39 is 0 Å². The van der Waals surface area contributed by atoms with Crippen LogP contribution in [-0.4, -0.2) is 16.7 Å². The van der Waals surface area contributed by atoms with Crippen molar-refractivity contribution in [3.05, 3.63) is 101 Å². The third kappa shape index (κ3) is 4.72. The molecule has 0 aliphatic carbocycles. The summed E-state index contributed by atoms with van der Waals surface area (Å²) in [6, 6.07) is 23.0. The van der Waals surface area contributed by atoms with Crippen LogP contribution < -0.4 is 10.1 Å². The van der Waals surface area contributed by atoms with E-state index in [1.54, 1.807) is 11.1 Å². The van der Waals surface area contributed by atoms with Crippen LogP contribution in [0.5, 0.6) is 11.5 Å². The quantitative estimate of drug-likeness (QED) is 0.577. The Hall–Kier alpha value is -3.86. The number of nitrogens with zero attached hydrogens (tertiary/aromatic N) is 1. The molecular weight excluding hydrogens is 400 g/mol. The summed E-state index contributed by atoms with van der Waals surface area (Å²) in [6.45, 7) is 3.85. The normalized spacial score (nSPS) is 14.6. The van der Waals surface area contributed by atoms with E-state index in [0.717, 1.165) is 28.0 Å². The molecule has 1 aliphatic rings. The molecule has 2 amide bonds. The van der Waals surface area contributed by atoms with E-state index in [2.05, 4.69) is 5.32 Å². The molecule has 5 heteroatoms. The molecule has 32 heavy (non-hydrogen) atoms. The van der Waals surface area contributed by atoms with Crippen molar-refractivity contribution in [2.24, 2.45) is 0 Å². The Labute approximate surface area is 188 Å². The number of carbonyl (C=O) groups excluding carboxylic acids is 2. The van der Waals surface area contributed by atoms with Gasteiger partial charge >= 0.3 is 0 Å². The monoisotopic (exact) mass is 426 g/mol. The maximum atomic E-state index is 12.9. The number of benzene rings is 3. The van der Waals surface area contributed by atoms with Gasteiger partial charge in [0, 0.05) is 25.2 Å². The maximum Gasteiger partial charge on any atom is 0.223 e. The Bertz CT molecular complexity index is 1170. The summed E-state index contributed by atoms with van der Waals surface area (Å²) < 4.78 is 6.10. The van der Waals surface area contributed by atoms with Crippen LogP contribution in [0.2, 0.25) is 0 Å². The van der Waals surface area contributed by atoms with E-state index >= 15 is 0 Å².